The van der Waals surface area contributed by atoms with Gasteiger partial charge in [-0.25, -0.2) is 9.59 Å². The molecule has 1 radical (unpaired) electrons. The topological polar surface area (TPSA) is 74.2 Å². The molecular weight excluding hydrogens is 241 g/mol. The van der Waals surface area contributed by atoms with Crippen molar-refractivity contribution >= 4 is 17.7 Å². The van der Waals surface area contributed by atoms with Gasteiger partial charge in [-0.3, -0.25) is 0 Å². The van der Waals surface area contributed by atoms with Gasteiger partial charge in [-0.2, -0.15) is 0 Å². The first kappa shape index (κ1) is 16.4. The van der Waals surface area contributed by atoms with Crippen LogP contribution in [0.4, 0.5) is 0 Å². The minimum Gasteiger partial charge on any atom is -0.466 e. The van der Waals surface area contributed by atoms with Gasteiger partial charge in [-0.15, -0.1) is 0 Å². The predicted molar refractivity (Wildman–Crippen MR) is 47.7 cm³/mol. The summed E-state index contributed by atoms with van der Waals surface area (Å²) in [6, 6.07) is 0. The second kappa shape index (κ2) is 9.55. The second-order valence-corrected chi connectivity index (χ2v) is 2.55. The van der Waals surface area contributed by atoms with Gasteiger partial charge in [0.1, 0.15) is 0 Å². The molecule has 0 unspecified atom stereocenters. The second-order valence-electron chi connectivity index (χ2n) is 2.55. The molecule has 85 valence electrons. The third-order valence-corrected chi connectivity index (χ3v) is 1.01. The molecule has 0 atom stereocenters. The smallest absolute Gasteiger partial charge is 0.347 e. The molecule has 0 fully saturated rings. The maximum Gasteiger partial charge on any atom is 0.347 e. The van der Waals surface area contributed by atoms with Gasteiger partial charge in [0, 0.05) is 18.6 Å². The minimum absolute atomic E-state index is 0. The van der Waals surface area contributed by atoms with Crippen LogP contribution in [-0.2, 0) is 42.5 Å². The fourth-order valence-corrected chi connectivity index (χ4v) is 0.454. The first-order valence-corrected chi connectivity index (χ1v) is 3.92. The van der Waals surface area contributed by atoms with Gasteiger partial charge in [-0.05, 0) is 13.8 Å². The number of hydrogen-bond acceptors (Lipinski definition) is 6. The van der Waals surface area contributed by atoms with Crippen molar-refractivity contribution in [2.45, 2.75) is 13.8 Å². The molecule has 0 aliphatic heterocycles. The number of carbonyl (C=O) groups excluding carboxylic acids is 2. The third kappa shape index (κ3) is 10.9. The SMILES string of the molecule is COC(=O)COC(=O)CON=C(C)C.[V]. The Kier molecular flexibility index (Phi) is 10.5. The zero-order valence-corrected chi connectivity index (χ0v) is 10.2. The number of rotatable bonds is 5. The number of oxime groups is 1. The van der Waals surface area contributed by atoms with Crippen molar-refractivity contribution in [2.24, 2.45) is 5.16 Å². The Morgan fingerprint density at radius 1 is 1.13 bits per heavy atom. The van der Waals surface area contributed by atoms with Crippen LogP contribution in [0.15, 0.2) is 5.16 Å². The Morgan fingerprint density at radius 3 is 2.20 bits per heavy atom. The number of hydrogen-bond donors (Lipinski definition) is 0. The molecule has 7 heteroatoms. The molecule has 0 aromatic carbocycles. The average molecular weight is 254 g/mol. The van der Waals surface area contributed by atoms with Gasteiger partial charge in [-0.1, -0.05) is 5.16 Å². The normalized spacial score (nSPS) is 8.20. The summed E-state index contributed by atoms with van der Waals surface area (Å²) in [5.74, 6) is -1.28. The van der Waals surface area contributed by atoms with Gasteiger partial charge < -0.3 is 14.3 Å². The first-order valence-electron chi connectivity index (χ1n) is 3.92. The minimum atomic E-state index is -0.666. The van der Waals surface area contributed by atoms with Gasteiger partial charge in [0.2, 0.25) is 6.61 Å². The Balaban J connectivity index is 0. The van der Waals surface area contributed by atoms with E-state index in [0.717, 1.165) is 0 Å². The molecule has 0 saturated carbocycles. The van der Waals surface area contributed by atoms with E-state index < -0.39 is 18.5 Å². The summed E-state index contributed by atoms with van der Waals surface area (Å²) in [4.78, 5) is 25.9. The fourth-order valence-electron chi connectivity index (χ4n) is 0.454. The fraction of sp³-hybridized carbons (Fsp3) is 0.625. The van der Waals surface area contributed by atoms with Crippen LogP contribution in [-0.4, -0.2) is 38.0 Å². The molecule has 0 spiro atoms. The van der Waals surface area contributed by atoms with E-state index >= 15 is 0 Å². The van der Waals surface area contributed by atoms with E-state index in [0.29, 0.717) is 5.71 Å². The monoisotopic (exact) mass is 254 g/mol. The number of esters is 2. The van der Waals surface area contributed by atoms with E-state index in [2.05, 4.69) is 19.5 Å². The summed E-state index contributed by atoms with van der Waals surface area (Å²) in [6.45, 7) is 2.72. The van der Waals surface area contributed by atoms with Crippen LogP contribution in [0.1, 0.15) is 13.8 Å². The maximum absolute atomic E-state index is 10.8. The van der Waals surface area contributed by atoms with Crippen LogP contribution in [0.3, 0.4) is 0 Å². The Morgan fingerprint density at radius 2 is 1.73 bits per heavy atom. The van der Waals surface area contributed by atoms with Gasteiger partial charge in [0.05, 0.1) is 12.8 Å². The summed E-state index contributed by atoms with van der Waals surface area (Å²) in [5, 5.41) is 3.51. The molecule has 0 saturated heterocycles. The van der Waals surface area contributed by atoms with E-state index in [1.807, 2.05) is 0 Å². The van der Waals surface area contributed by atoms with Gasteiger partial charge in [0.25, 0.3) is 0 Å². The van der Waals surface area contributed by atoms with Crippen molar-refractivity contribution < 1.29 is 42.5 Å². The summed E-state index contributed by atoms with van der Waals surface area (Å²) in [6.07, 6.45) is 0. The maximum atomic E-state index is 10.8. The van der Waals surface area contributed by atoms with Gasteiger partial charge >= 0.3 is 11.9 Å². The molecule has 6 nitrogen and oxygen atoms in total. The number of carbonyl (C=O) groups is 2. The van der Waals surface area contributed by atoms with Gasteiger partial charge in [0.15, 0.2) is 6.61 Å². The number of nitrogens with zero attached hydrogens (tertiary/aromatic N) is 1. The molecule has 0 bridgehead atoms. The summed E-state index contributed by atoms with van der Waals surface area (Å²) >= 11 is 0. The van der Waals surface area contributed by atoms with Crippen LogP contribution < -0.4 is 0 Å². The van der Waals surface area contributed by atoms with E-state index in [1.165, 1.54) is 7.11 Å². The van der Waals surface area contributed by atoms with Crippen LogP contribution in [0.2, 0.25) is 0 Å². The zero-order valence-electron chi connectivity index (χ0n) is 8.85. The molecule has 0 heterocycles. The van der Waals surface area contributed by atoms with E-state index in [-0.39, 0.29) is 25.2 Å². The van der Waals surface area contributed by atoms with Crippen molar-refractivity contribution in [1.82, 2.24) is 0 Å². The van der Waals surface area contributed by atoms with E-state index in [9.17, 15) is 9.59 Å². The standard InChI is InChI=1S/C8H13NO5.V/c1-6(2)9-14-5-8(11)13-4-7(10)12-3;/h4-5H2,1-3H3;. The largest absolute Gasteiger partial charge is 0.466 e. The summed E-state index contributed by atoms with van der Waals surface area (Å²) in [5.41, 5.74) is 0.686. The van der Waals surface area contributed by atoms with Crippen molar-refractivity contribution in [3.8, 4) is 0 Å². The molecule has 0 aliphatic rings. The number of methoxy groups -OCH3 is 1. The Labute approximate surface area is 99.8 Å². The molecule has 15 heavy (non-hydrogen) atoms. The molecular formula is C8H13NO5V. The van der Waals surface area contributed by atoms with Crippen LogP contribution in [0.5, 0.6) is 0 Å². The molecule has 0 aromatic rings. The van der Waals surface area contributed by atoms with E-state index in [1.54, 1.807) is 13.8 Å². The zero-order chi connectivity index (χ0) is 11.0. The first-order chi connectivity index (χ1) is 6.56. The molecule has 0 N–H and O–H groups in total. The molecule has 0 aliphatic carbocycles. The summed E-state index contributed by atoms with van der Waals surface area (Å²) in [7, 11) is 1.21. The Hall–Kier alpha value is -1.01. The quantitative estimate of drug-likeness (QED) is 0.395. The van der Waals surface area contributed by atoms with Crippen LogP contribution in [0.25, 0.3) is 0 Å². The Bertz CT molecular complexity index is 237. The van der Waals surface area contributed by atoms with Crippen molar-refractivity contribution in [1.29, 1.82) is 0 Å². The molecule has 0 amide bonds. The van der Waals surface area contributed by atoms with E-state index in [4.69, 9.17) is 0 Å². The molecule has 0 aromatic heterocycles. The van der Waals surface area contributed by atoms with Crippen LogP contribution >= 0.6 is 0 Å². The van der Waals surface area contributed by atoms with Crippen molar-refractivity contribution in [2.75, 3.05) is 20.3 Å². The predicted octanol–water partition coefficient (Wildman–Crippen LogP) is 0.112. The average Bonchev–Trinajstić information content (AvgIpc) is 2.13. The summed E-state index contributed by atoms with van der Waals surface area (Å²) < 4.78 is 8.73. The molecule has 0 rings (SSSR count). The van der Waals surface area contributed by atoms with Crippen LogP contribution in [0, 0.1) is 0 Å². The third-order valence-electron chi connectivity index (χ3n) is 1.01. The van der Waals surface area contributed by atoms with Crippen molar-refractivity contribution in [3.05, 3.63) is 0 Å². The van der Waals surface area contributed by atoms with Crippen molar-refractivity contribution in [3.63, 3.8) is 0 Å². The number of ether oxygens (including phenoxy) is 2.